The van der Waals surface area contributed by atoms with E-state index in [2.05, 4.69) is 5.32 Å². The van der Waals surface area contributed by atoms with Crippen LogP contribution in [0.2, 0.25) is 0 Å². The van der Waals surface area contributed by atoms with Gasteiger partial charge in [0.25, 0.3) is 0 Å². The van der Waals surface area contributed by atoms with Crippen LogP contribution in [0.25, 0.3) is 0 Å². The molecule has 1 saturated heterocycles. The molecule has 2 N–H and O–H groups in total. The molecule has 2 atom stereocenters. The van der Waals surface area contributed by atoms with Crippen LogP contribution in [0.5, 0.6) is 5.75 Å². The molecule has 5 heteroatoms. The first-order chi connectivity index (χ1) is 7.63. The first-order valence-corrected chi connectivity index (χ1v) is 4.94. The Morgan fingerprint density at radius 2 is 2.31 bits per heavy atom. The Morgan fingerprint density at radius 1 is 1.56 bits per heavy atom. The number of aliphatic hydroxyl groups is 1. The van der Waals surface area contributed by atoms with Crippen LogP contribution in [-0.2, 0) is 4.79 Å². The third-order valence-corrected chi connectivity index (χ3v) is 2.66. The molecule has 2 rings (SSSR count). The summed E-state index contributed by atoms with van der Waals surface area (Å²) in [6.45, 7) is 0. The molecule has 1 aromatic carbocycles. The topological polar surface area (TPSA) is 58.6 Å². The van der Waals surface area contributed by atoms with E-state index in [4.69, 9.17) is 4.74 Å². The van der Waals surface area contributed by atoms with E-state index in [9.17, 15) is 14.3 Å². The zero-order valence-corrected chi connectivity index (χ0v) is 8.74. The maximum Gasteiger partial charge on any atom is 0.249 e. The van der Waals surface area contributed by atoms with Crippen molar-refractivity contribution in [3.63, 3.8) is 0 Å². The summed E-state index contributed by atoms with van der Waals surface area (Å²) in [5.74, 6) is -0.548. The molecule has 1 aliphatic heterocycles. The van der Waals surface area contributed by atoms with Crippen molar-refractivity contribution < 1.29 is 19.0 Å². The SMILES string of the molecule is COc1cccc(F)c1C1CC(O)C(=O)N1. The van der Waals surface area contributed by atoms with Crippen molar-refractivity contribution in [3.8, 4) is 5.75 Å². The Hall–Kier alpha value is -1.62. The molecular weight excluding hydrogens is 213 g/mol. The number of benzene rings is 1. The summed E-state index contributed by atoms with van der Waals surface area (Å²) < 4.78 is 18.7. The molecule has 0 aliphatic carbocycles. The first-order valence-electron chi connectivity index (χ1n) is 4.94. The van der Waals surface area contributed by atoms with Crippen LogP contribution in [0, 0.1) is 5.82 Å². The molecule has 4 nitrogen and oxygen atoms in total. The van der Waals surface area contributed by atoms with Crippen LogP contribution in [0.4, 0.5) is 4.39 Å². The monoisotopic (exact) mass is 225 g/mol. The number of hydrogen-bond donors (Lipinski definition) is 2. The van der Waals surface area contributed by atoms with Gasteiger partial charge in [0, 0.05) is 6.42 Å². The molecule has 2 unspecified atom stereocenters. The fourth-order valence-corrected chi connectivity index (χ4v) is 1.88. The minimum absolute atomic E-state index is 0.163. The van der Waals surface area contributed by atoms with Gasteiger partial charge in [0.1, 0.15) is 17.7 Å². The average Bonchev–Trinajstić information content (AvgIpc) is 2.58. The summed E-state index contributed by atoms with van der Waals surface area (Å²) in [6.07, 6.45) is -0.912. The third-order valence-electron chi connectivity index (χ3n) is 2.66. The molecular formula is C11H12FNO3. The van der Waals surface area contributed by atoms with Crippen LogP contribution < -0.4 is 10.1 Å². The predicted octanol–water partition coefficient (Wildman–Crippen LogP) is 0.756. The molecule has 1 amide bonds. The van der Waals surface area contributed by atoms with Crippen LogP contribution in [0.15, 0.2) is 18.2 Å². The van der Waals surface area contributed by atoms with Crippen molar-refractivity contribution in [2.24, 2.45) is 0 Å². The van der Waals surface area contributed by atoms with Crippen molar-refractivity contribution in [2.45, 2.75) is 18.6 Å². The van der Waals surface area contributed by atoms with Gasteiger partial charge >= 0.3 is 0 Å². The number of ether oxygens (including phenoxy) is 1. The Morgan fingerprint density at radius 3 is 2.88 bits per heavy atom. The van der Waals surface area contributed by atoms with Crippen LogP contribution in [0.1, 0.15) is 18.0 Å². The summed E-state index contributed by atoms with van der Waals surface area (Å²) >= 11 is 0. The molecule has 0 spiro atoms. The van der Waals surface area contributed by atoms with Gasteiger partial charge in [-0.05, 0) is 12.1 Å². The fourth-order valence-electron chi connectivity index (χ4n) is 1.88. The molecule has 86 valence electrons. The van der Waals surface area contributed by atoms with Crippen molar-refractivity contribution in [2.75, 3.05) is 7.11 Å². The van der Waals surface area contributed by atoms with E-state index in [0.717, 1.165) is 0 Å². The Labute approximate surface area is 92.0 Å². The number of nitrogens with one attached hydrogen (secondary N) is 1. The number of methoxy groups -OCH3 is 1. The smallest absolute Gasteiger partial charge is 0.249 e. The number of carbonyl (C=O) groups is 1. The van der Waals surface area contributed by atoms with E-state index < -0.39 is 23.9 Å². The fraction of sp³-hybridized carbons (Fsp3) is 0.364. The average molecular weight is 225 g/mol. The lowest BCUT2D eigenvalue weighted by Gasteiger charge is -2.15. The normalized spacial score (nSPS) is 24.3. The molecule has 1 fully saturated rings. The predicted molar refractivity (Wildman–Crippen MR) is 54.5 cm³/mol. The molecule has 0 saturated carbocycles. The summed E-state index contributed by atoms with van der Waals surface area (Å²) in [4.78, 5) is 11.1. The van der Waals surface area contributed by atoms with E-state index in [0.29, 0.717) is 5.75 Å². The summed E-state index contributed by atoms with van der Waals surface area (Å²) in [5.41, 5.74) is 0.287. The number of amides is 1. The van der Waals surface area contributed by atoms with Gasteiger partial charge in [0.15, 0.2) is 0 Å². The Balaban J connectivity index is 2.37. The summed E-state index contributed by atoms with van der Waals surface area (Å²) in [7, 11) is 1.44. The maximum atomic E-state index is 13.6. The van der Waals surface area contributed by atoms with Gasteiger partial charge in [0.05, 0.1) is 18.7 Å². The number of carbonyl (C=O) groups excluding carboxylic acids is 1. The van der Waals surface area contributed by atoms with Gasteiger partial charge in [-0.1, -0.05) is 6.07 Å². The van der Waals surface area contributed by atoms with Gasteiger partial charge in [-0.3, -0.25) is 4.79 Å². The second-order valence-corrected chi connectivity index (χ2v) is 3.67. The second kappa shape index (κ2) is 4.09. The van der Waals surface area contributed by atoms with Gasteiger partial charge in [-0.2, -0.15) is 0 Å². The quantitative estimate of drug-likeness (QED) is 0.781. The lowest BCUT2D eigenvalue weighted by atomic mass is 10.0. The number of halogens is 1. The highest BCUT2D eigenvalue weighted by Crippen LogP contribution is 2.33. The minimum atomic E-state index is -1.07. The van der Waals surface area contributed by atoms with E-state index >= 15 is 0 Å². The molecule has 1 aliphatic rings. The Kier molecular flexibility index (Phi) is 2.78. The first kappa shape index (κ1) is 10.9. The maximum absolute atomic E-state index is 13.6. The van der Waals surface area contributed by atoms with E-state index in [-0.39, 0.29) is 12.0 Å². The largest absolute Gasteiger partial charge is 0.496 e. The van der Waals surface area contributed by atoms with Gasteiger partial charge < -0.3 is 15.2 Å². The number of aliphatic hydroxyl groups excluding tert-OH is 1. The van der Waals surface area contributed by atoms with E-state index in [1.54, 1.807) is 6.07 Å². The van der Waals surface area contributed by atoms with Crippen molar-refractivity contribution in [1.82, 2.24) is 5.32 Å². The lowest BCUT2D eigenvalue weighted by molar-refractivity contribution is -0.126. The minimum Gasteiger partial charge on any atom is -0.496 e. The van der Waals surface area contributed by atoms with E-state index in [1.807, 2.05) is 0 Å². The second-order valence-electron chi connectivity index (χ2n) is 3.67. The number of hydrogen-bond acceptors (Lipinski definition) is 3. The molecule has 16 heavy (non-hydrogen) atoms. The van der Waals surface area contributed by atoms with Gasteiger partial charge in [-0.25, -0.2) is 4.39 Å². The zero-order valence-electron chi connectivity index (χ0n) is 8.74. The highest BCUT2D eigenvalue weighted by molar-refractivity contribution is 5.83. The third kappa shape index (κ3) is 1.74. The Bertz CT molecular complexity index is 422. The molecule has 1 heterocycles. The van der Waals surface area contributed by atoms with Crippen LogP contribution >= 0.6 is 0 Å². The van der Waals surface area contributed by atoms with Crippen molar-refractivity contribution >= 4 is 5.91 Å². The van der Waals surface area contributed by atoms with Crippen LogP contribution in [-0.4, -0.2) is 24.2 Å². The summed E-state index contributed by atoms with van der Waals surface area (Å²) in [5, 5.41) is 11.8. The molecule has 0 aromatic heterocycles. The number of rotatable bonds is 2. The van der Waals surface area contributed by atoms with E-state index in [1.165, 1.54) is 19.2 Å². The summed E-state index contributed by atoms with van der Waals surface area (Å²) in [6, 6.07) is 3.92. The highest BCUT2D eigenvalue weighted by atomic mass is 19.1. The standard InChI is InChI=1S/C11H12FNO3/c1-16-9-4-2-3-6(12)10(9)7-5-8(14)11(15)13-7/h2-4,7-8,14H,5H2,1H3,(H,13,15). The van der Waals surface area contributed by atoms with Crippen LogP contribution in [0.3, 0.4) is 0 Å². The molecule has 0 radical (unpaired) electrons. The van der Waals surface area contributed by atoms with Crippen molar-refractivity contribution in [1.29, 1.82) is 0 Å². The highest BCUT2D eigenvalue weighted by Gasteiger charge is 2.34. The van der Waals surface area contributed by atoms with Crippen molar-refractivity contribution in [3.05, 3.63) is 29.6 Å². The van der Waals surface area contributed by atoms with Gasteiger partial charge in [0.2, 0.25) is 5.91 Å². The molecule has 0 bridgehead atoms. The zero-order chi connectivity index (χ0) is 11.7. The van der Waals surface area contributed by atoms with Gasteiger partial charge in [-0.15, -0.1) is 0 Å². The molecule has 1 aromatic rings. The lowest BCUT2D eigenvalue weighted by Crippen LogP contribution is -2.24.